The maximum Gasteiger partial charge on any atom is 0.123 e. The summed E-state index contributed by atoms with van der Waals surface area (Å²) in [6.45, 7) is 11.3. The summed E-state index contributed by atoms with van der Waals surface area (Å²) >= 11 is 0. The molecule has 0 spiro atoms. The van der Waals surface area contributed by atoms with Gasteiger partial charge in [0.1, 0.15) is 5.83 Å². The van der Waals surface area contributed by atoms with Crippen LogP contribution in [0.4, 0.5) is 4.39 Å². The number of halogens is 1. The molecule has 0 heterocycles. The van der Waals surface area contributed by atoms with Crippen molar-refractivity contribution < 1.29 is 4.39 Å². The van der Waals surface area contributed by atoms with E-state index in [0.717, 1.165) is 18.4 Å². The molecule has 1 aromatic carbocycles. The van der Waals surface area contributed by atoms with E-state index in [9.17, 15) is 4.39 Å². The van der Waals surface area contributed by atoms with Gasteiger partial charge < -0.3 is 0 Å². The highest BCUT2D eigenvalue weighted by Gasteiger charge is 2.48. The van der Waals surface area contributed by atoms with Crippen LogP contribution in [0.15, 0.2) is 53.4 Å². The quantitative estimate of drug-likeness (QED) is 0.479. The van der Waals surface area contributed by atoms with Crippen molar-refractivity contribution >= 4 is 0 Å². The zero-order valence-electron chi connectivity index (χ0n) is 15.4. The highest BCUT2D eigenvalue weighted by atomic mass is 19.1. The van der Waals surface area contributed by atoms with Gasteiger partial charge in [-0.25, -0.2) is 4.39 Å². The molecule has 1 heteroatoms. The van der Waals surface area contributed by atoms with E-state index < -0.39 is 0 Å². The maximum absolute atomic E-state index is 15.0. The number of benzene rings is 1. The summed E-state index contributed by atoms with van der Waals surface area (Å²) in [7, 11) is 0. The Morgan fingerprint density at radius 3 is 2.62 bits per heavy atom. The zero-order valence-corrected chi connectivity index (χ0v) is 15.4. The molecule has 0 nitrogen and oxygen atoms in total. The van der Waals surface area contributed by atoms with Crippen LogP contribution in [-0.2, 0) is 10.8 Å². The van der Waals surface area contributed by atoms with Gasteiger partial charge in [0.05, 0.1) is 0 Å². The second-order valence-corrected chi connectivity index (χ2v) is 8.54. The van der Waals surface area contributed by atoms with Crippen LogP contribution in [0.2, 0.25) is 0 Å². The highest BCUT2D eigenvalue weighted by Crippen LogP contribution is 2.56. The van der Waals surface area contributed by atoms with Gasteiger partial charge in [0, 0.05) is 10.8 Å². The standard InChI is InChI=1S/C23H27F/c1-14-12-13-23(5)15(2)17-9-7-11-19(24)21(17)22(3,4)18-10-6-8-16(14)20(18)23/h6,8,10-15H,7,9H2,1-5H3. The molecular formula is C23H27F. The van der Waals surface area contributed by atoms with Crippen molar-refractivity contribution in [2.24, 2.45) is 5.92 Å². The molecule has 1 aromatic rings. The van der Waals surface area contributed by atoms with Crippen LogP contribution >= 0.6 is 0 Å². The van der Waals surface area contributed by atoms with Crippen molar-refractivity contribution in [2.75, 3.05) is 0 Å². The number of hydrogen-bond donors (Lipinski definition) is 0. The van der Waals surface area contributed by atoms with Gasteiger partial charge in [-0.2, -0.15) is 0 Å². The third-order valence-electron chi connectivity index (χ3n) is 6.87. The van der Waals surface area contributed by atoms with Gasteiger partial charge in [0.15, 0.2) is 0 Å². The molecule has 0 bridgehead atoms. The summed E-state index contributed by atoms with van der Waals surface area (Å²) in [4.78, 5) is 0. The van der Waals surface area contributed by atoms with Crippen molar-refractivity contribution in [3.8, 4) is 0 Å². The van der Waals surface area contributed by atoms with Crippen LogP contribution in [0.5, 0.6) is 0 Å². The van der Waals surface area contributed by atoms with Crippen molar-refractivity contribution in [3.63, 3.8) is 0 Å². The predicted octanol–water partition coefficient (Wildman–Crippen LogP) is 6.49. The Hall–Kier alpha value is -1.63. The Morgan fingerprint density at radius 1 is 1.12 bits per heavy atom. The molecule has 0 saturated heterocycles. The van der Waals surface area contributed by atoms with Gasteiger partial charge in [-0.15, -0.1) is 0 Å². The first-order valence-electron chi connectivity index (χ1n) is 9.21. The van der Waals surface area contributed by atoms with Crippen molar-refractivity contribution in [1.29, 1.82) is 0 Å². The molecule has 0 aliphatic heterocycles. The number of hydrogen-bond acceptors (Lipinski definition) is 0. The van der Waals surface area contributed by atoms with Gasteiger partial charge >= 0.3 is 0 Å². The Morgan fingerprint density at radius 2 is 1.88 bits per heavy atom. The van der Waals surface area contributed by atoms with Crippen LogP contribution < -0.4 is 0 Å². The first-order chi connectivity index (χ1) is 11.3. The first kappa shape index (κ1) is 15.9. The van der Waals surface area contributed by atoms with Crippen LogP contribution in [0.25, 0.3) is 0 Å². The second-order valence-electron chi connectivity index (χ2n) is 8.54. The van der Waals surface area contributed by atoms with Crippen LogP contribution in [0, 0.1) is 5.92 Å². The average Bonchev–Trinajstić information content (AvgIpc) is 2.61. The van der Waals surface area contributed by atoms with E-state index in [0.29, 0.717) is 11.8 Å². The normalized spacial score (nSPS) is 33.5. The molecule has 0 radical (unpaired) electrons. The molecule has 3 aliphatic carbocycles. The molecule has 0 N–H and O–H groups in total. The van der Waals surface area contributed by atoms with Gasteiger partial charge in [0.2, 0.25) is 0 Å². The molecule has 0 amide bonds. The zero-order chi connectivity index (χ0) is 17.3. The minimum atomic E-state index is -0.293. The second kappa shape index (κ2) is 4.94. The predicted molar refractivity (Wildman–Crippen MR) is 99.0 cm³/mol. The van der Waals surface area contributed by atoms with E-state index >= 15 is 0 Å². The maximum atomic E-state index is 15.0. The van der Waals surface area contributed by atoms with E-state index in [1.54, 1.807) is 6.08 Å². The van der Waals surface area contributed by atoms with Crippen LogP contribution in [0.3, 0.4) is 0 Å². The summed E-state index contributed by atoms with van der Waals surface area (Å²) in [5, 5.41) is 0. The van der Waals surface area contributed by atoms with Gasteiger partial charge in [-0.05, 0) is 53.0 Å². The molecule has 3 unspecified atom stereocenters. The lowest BCUT2D eigenvalue weighted by Crippen LogP contribution is -2.34. The lowest BCUT2D eigenvalue weighted by molar-refractivity contribution is 0.416. The summed E-state index contributed by atoms with van der Waals surface area (Å²) in [5.41, 5.74) is 6.10. The molecule has 0 fully saturated rings. The molecule has 0 aromatic heterocycles. The summed E-state index contributed by atoms with van der Waals surface area (Å²) in [6.07, 6.45) is 8.34. The fourth-order valence-electron chi connectivity index (χ4n) is 5.33. The topological polar surface area (TPSA) is 0 Å². The molecule has 24 heavy (non-hydrogen) atoms. The Kier molecular flexibility index (Phi) is 3.27. The summed E-state index contributed by atoms with van der Waals surface area (Å²) in [5.74, 6) is 0.744. The van der Waals surface area contributed by atoms with Gasteiger partial charge in [0.25, 0.3) is 0 Å². The molecule has 0 saturated carbocycles. The van der Waals surface area contributed by atoms with Crippen LogP contribution in [0.1, 0.15) is 70.1 Å². The monoisotopic (exact) mass is 322 g/mol. The molecule has 3 aliphatic rings. The number of rotatable bonds is 0. The SMILES string of the molecule is CC1C=CC2(C)c3c1cccc3C(C)(C)C1=C(CCC=C1F)C2C. The van der Waals surface area contributed by atoms with E-state index in [1.165, 1.54) is 22.3 Å². The van der Waals surface area contributed by atoms with Gasteiger partial charge in [-0.1, -0.05) is 70.5 Å². The molecule has 3 atom stereocenters. The molecule has 4 rings (SSSR count). The largest absolute Gasteiger partial charge is 0.207 e. The van der Waals surface area contributed by atoms with Crippen molar-refractivity contribution in [2.45, 2.75) is 64.2 Å². The van der Waals surface area contributed by atoms with Crippen molar-refractivity contribution in [3.05, 3.63) is 70.1 Å². The van der Waals surface area contributed by atoms with E-state index in [1.807, 2.05) is 0 Å². The molecular weight excluding hydrogens is 295 g/mol. The summed E-state index contributed by atoms with van der Waals surface area (Å²) < 4.78 is 15.0. The number of allylic oxidation sites excluding steroid dienone is 6. The third-order valence-corrected chi connectivity index (χ3v) is 6.87. The Bertz CT molecular complexity index is 805. The molecule has 126 valence electrons. The average molecular weight is 322 g/mol. The minimum absolute atomic E-state index is 0.00461. The van der Waals surface area contributed by atoms with E-state index in [-0.39, 0.29) is 16.7 Å². The fourth-order valence-corrected chi connectivity index (χ4v) is 5.33. The Labute approximate surface area is 145 Å². The van der Waals surface area contributed by atoms with Crippen molar-refractivity contribution in [1.82, 2.24) is 0 Å². The van der Waals surface area contributed by atoms with Gasteiger partial charge in [-0.3, -0.25) is 0 Å². The summed E-state index contributed by atoms with van der Waals surface area (Å²) in [6, 6.07) is 6.66. The first-order valence-corrected chi connectivity index (χ1v) is 9.21. The smallest absolute Gasteiger partial charge is 0.123 e. The van der Waals surface area contributed by atoms with Crippen LogP contribution in [-0.4, -0.2) is 0 Å². The fraction of sp³-hybridized carbons (Fsp3) is 0.478. The Balaban J connectivity index is 2.13. The third kappa shape index (κ3) is 1.84. The lowest BCUT2D eigenvalue weighted by Gasteiger charge is -2.41. The lowest BCUT2D eigenvalue weighted by atomic mass is 9.63. The van der Waals surface area contributed by atoms with E-state index in [2.05, 4.69) is 65.0 Å². The van der Waals surface area contributed by atoms with E-state index in [4.69, 9.17) is 0 Å². The minimum Gasteiger partial charge on any atom is -0.207 e. The highest BCUT2D eigenvalue weighted by molar-refractivity contribution is 5.61.